The molecular formula is C18H29ClN2. The van der Waals surface area contributed by atoms with E-state index in [1.165, 1.54) is 43.4 Å². The number of halogens is 1. The molecule has 1 aromatic rings. The molecule has 1 N–H and O–H groups in total. The van der Waals surface area contributed by atoms with E-state index in [0.717, 1.165) is 18.1 Å². The van der Waals surface area contributed by atoms with Crippen LogP contribution in [0.2, 0.25) is 5.02 Å². The van der Waals surface area contributed by atoms with E-state index in [0.29, 0.717) is 12.1 Å². The van der Waals surface area contributed by atoms with E-state index in [-0.39, 0.29) is 0 Å². The summed E-state index contributed by atoms with van der Waals surface area (Å²) in [5.41, 5.74) is 2.47. The molecule has 0 unspecified atom stereocenters. The standard InChI is InChI=1S/C18H29ClN2/c1-4-21(16-8-6-5-7-9-16)18-11-10-15(12-17(18)19)13-20-14(2)3/h10-12,14,16,20H,4-9,13H2,1-3H3. The van der Waals surface area contributed by atoms with Gasteiger partial charge < -0.3 is 10.2 Å². The zero-order chi connectivity index (χ0) is 15.2. The molecule has 0 heterocycles. The molecule has 0 aliphatic heterocycles. The Bertz CT molecular complexity index is 439. The average molecular weight is 309 g/mol. The molecule has 1 aromatic carbocycles. The fourth-order valence-electron chi connectivity index (χ4n) is 3.23. The third-order valence-corrected chi connectivity index (χ3v) is 4.69. The van der Waals surface area contributed by atoms with E-state index in [9.17, 15) is 0 Å². The van der Waals surface area contributed by atoms with E-state index in [1.807, 2.05) is 0 Å². The Morgan fingerprint density at radius 1 is 1.24 bits per heavy atom. The minimum atomic E-state index is 0.498. The molecular weight excluding hydrogens is 280 g/mol. The van der Waals surface area contributed by atoms with Crippen molar-refractivity contribution in [2.75, 3.05) is 11.4 Å². The molecule has 0 bridgehead atoms. The maximum atomic E-state index is 6.57. The number of benzene rings is 1. The summed E-state index contributed by atoms with van der Waals surface area (Å²) in [6.45, 7) is 8.48. The van der Waals surface area contributed by atoms with Crippen molar-refractivity contribution in [3.05, 3.63) is 28.8 Å². The summed E-state index contributed by atoms with van der Waals surface area (Å²) < 4.78 is 0. The highest BCUT2D eigenvalue weighted by Gasteiger charge is 2.21. The van der Waals surface area contributed by atoms with Gasteiger partial charge in [0.15, 0.2) is 0 Å². The third-order valence-electron chi connectivity index (χ3n) is 4.39. The molecule has 2 nitrogen and oxygen atoms in total. The van der Waals surface area contributed by atoms with Gasteiger partial charge in [0.2, 0.25) is 0 Å². The van der Waals surface area contributed by atoms with Crippen LogP contribution in [-0.2, 0) is 6.54 Å². The van der Waals surface area contributed by atoms with Gasteiger partial charge in [-0.25, -0.2) is 0 Å². The fourth-order valence-corrected chi connectivity index (χ4v) is 3.54. The number of hydrogen-bond donors (Lipinski definition) is 1. The first kappa shape index (κ1) is 16.6. The SMILES string of the molecule is CCN(c1ccc(CNC(C)C)cc1Cl)C1CCCCC1. The summed E-state index contributed by atoms with van der Waals surface area (Å²) in [5, 5.41) is 4.34. The monoisotopic (exact) mass is 308 g/mol. The van der Waals surface area contributed by atoms with Crippen LogP contribution >= 0.6 is 11.6 Å². The second-order valence-corrected chi connectivity index (χ2v) is 6.81. The largest absolute Gasteiger partial charge is 0.368 e. The highest BCUT2D eigenvalue weighted by molar-refractivity contribution is 6.33. The number of nitrogens with zero attached hydrogens (tertiary/aromatic N) is 1. The first-order valence-corrected chi connectivity index (χ1v) is 8.78. The summed E-state index contributed by atoms with van der Waals surface area (Å²) in [5.74, 6) is 0. The van der Waals surface area contributed by atoms with Crippen LogP contribution in [0.25, 0.3) is 0 Å². The molecule has 3 heteroatoms. The maximum Gasteiger partial charge on any atom is 0.0642 e. The molecule has 0 spiro atoms. The lowest BCUT2D eigenvalue weighted by molar-refractivity contribution is 0.418. The van der Waals surface area contributed by atoms with Crippen LogP contribution in [0.15, 0.2) is 18.2 Å². The molecule has 0 atom stereocenters. The maximum absolute atomic E-state index is 6.57. The Balaban J connectivity index is 2.10. The minimum absolute atomic E-state index is 0.498. The number of hydrogen-bond acceptors (Lipinski definition) is 2. The van der Waals surface area contributed by atoms with Crippen molar-refractivity contribution in [1.82, 2.24) is 5.32 Å². The van der Waals surface area contributed by atoms with Crippen molar-refractivity contribution in [3.8, 4) is 0 Å². The van der Waals surface area contributed by atoms with E-state index >= 15 is 0 Å². The van der Waals surface area contributed by atoms with E-state index < -0.39 is 0 Å². The summed E-state index contributed by atoms with van der Waals surface area (Å²) in [4.78, 5) is 2.50. The second-order valence-electron chi connectivity index (χ2n) is 6.40. The summed E-state index contributed by atoms with van der Waals surface area (Å²) in [7, 11) is 0. The molecule has 2 rings (SSSR count). The van der Waals surface area contributed by atoms with Crippen LogP contribution in [0.4, 0.5) is 5.69 Å². The Kier molecular flexibility index (Phi) is 6.38. The van der Waals surface area contributed by atoms with E-state index in [1.54, 1.807) is 0 Å². The Hall–Kier alpha value is -0.730. The van der Waals surface area contributed by atoms with Crippen LogP contribution < -0.4 is 10.2 Å². The van der Waals surface area contributed by atoms with Gasteiger partial charge in [-0.1, -0.05) is 50.8 Å². The third kappa shape index (κ3) is 4.62. The lowest BCUT2D eigenvalue weighted by Crippen LogP contribution is -2.36. The van der Waals surface area contributed by atoms with Gasteiger partial charge in [-0.15, -0.1) is 0 Å². The molecule has 1 fully saturated rings. The van der Waals surface area contributed by atoms with Gasteiger partial charge in [-0.05, 0) is 37.5 Å². The van der Waals surface area contributed by atoms with Gasteiger partial charge in [0.1, 0.15) is 0 Å². The van der Waals surface area contributed by atoms with Crippen molar-refractivity contribution in [1.29, 1.82) is 0 Å². The van der Waals surface area contributed by atoms with Gasteiger partial charge in [-0.2, -0.15) is 0 Å². The minimum Gasteiger partial charge on any atom is -0.368 e. The Labute approximate surface area is 134 Å². The predicted octanol–water partition coefficient (Wildman–Crippen LogP) is 5.00. The highest BCUT2D eigenvalue weighted by atomic mass is 35.5. The van der Waals surface area contributed by atoms with Gasteiger partial charge in [-0.3, -0.25) is 0 Å². The molecule has 1 saturated carbocycles. The molecule has 0 amide bonds. The van der Waals surface area contributed by atoms with Gasteiger partial charge in [0, 0.05) is 25.2 Å². The smallest absolute Gasteiger partial charge is 0.0642 e. The number of nitrogens with one attached hydrogen (secondary N) is 1. The highest BCUT2D eigenvalue weighted by Crippen LogP contribution is 2.32. The second kappa shape index (κ2) is 8.05. The average Bonchev–Trinajstić information content (AvgIpc) is 2.49. The molecule has 118 valence electrons. The summed E-state index contributed by atoms with van der Waals surface area (Å²) >= 11 is 6.57. The van der Waals surface area contributed by atoms with Crippen molar-refractivity contribution in [2.45, 2.75) is 71.5 Å². The van der Waals surface area contributed by atoms with E-state index in [4.69, 9.17) is 11.6 Å². The van der Waals surface area contributed by atoms with Crippen LogP contribution in [-0.4, -0.2) is 18.6 Å². The van der Waals surface area contributed by atoms with Crippen LogP contribution in [0.5, 0.6) is 0 Å². The molecule has 1 aliphatic carbocycles. The number of anilines is 1. The molecule has 1 aliphatic rings. The number of rotatable bonds is 6. The van der Waals surface area contributed by atoms with Crippen molar-refractivity contribution in [3.63, 3.8) is 0 Å². The first-order chi connectivity index (χ1) is 10.1. The quantitative estimate of drug-likeness (QED) is 0.796. The van der Waals surface area contributed by atoms with Crippen molar-refractivity contribution in [2.24, 2.45) is 0 Å². The Morgan fingerprint density at radius 2 is 1.95 bits per heavy atom. The van der Waals surface area contributed by atoms with Crippen molar-refractivity contribution < 1.29 is 0 Å². The molecule has 0 aromatic heterocycles. The predicted molar refractivity (Wildman–Crippen MR) is 93.3 cm³/mol. The normalized spacial score (nSPS) is 16.4. The lowest BCUT2D eigenvalue weighted by Gasteiger charge is -2.36. The Morgan fingerprint density at radius 3 is 2.52 bits per heavy atom. The molecule has 0 radical (unpaired) electrons. The van der Waals surface area contributed by atoms with Crippen molar-refractivity contribution >= 4 is 17.3 Å². The molecule has 0 saturated heterocycles. The van der Waals surface area contributed by atoms with Crippen LogP contribution in [0.3, 0.4) is 0 Å². The van der Waals surface area contributed by atoms with Crippen LogP contribution in [0, 0.1) is 0 Å². The van der Waals surface area contributed by atoms with Gasteiger partial charge >= 0.3 is 0 Å². The van der Waals surface area contributed by atoms with Gasteiger partial charge in [0.05, 0.1) is 10.7 Å². The van der Waals surface area contributed by atoms with Crippen LogP contribution in [0.1, 0.15) is 58.4 Å². The lowest BCUT2D eigenvalue weighted by atomic mass is 9.93. The topological polar surface area (TPSA) is 15.3 Å². The fraction of sp³-hybridized carbons (Fsp3) is 0.667. The molecule has 21 heavy (non-hydrogen) atoms. The van der Waals surface area contributed by atoms with E-state index in [2.05, 4.69) is 49.2 Å². The van der Waals surface area contributed by atoms with Gasteiger partial charge in [0.25, 0.3) is 0 Å². The summed E-state index contributed by atoms with van der Waals surface area (Å²) in [6, 6.07) is 7.70. The summed E-state index contributed by atoms with van der Waals surface area (Å²) in [6.07, 6.45) is 6.72. The zero-order valence-corrected chi connectivity index (χ0v) is 14.4. The first-order valence-electron chi connectivity index (χ1n) is 8.40. The zero-order valence-electron chi connectivity index (χ0n) is 13.7.